The molecule has 0 aliphatic rings. The first-order valence-corrected chi connectivity index (χ1v) is 6.58. The van der Waals surface area contributed by atoms with Gasteiger partial charge in [0.1, 0.15) is 5.82 Å². The third-order valence-electron chi connectivity index (χ3n) is 3.01. The molecule has 0 heterocycles. The molecule has 0 bridgehead atoms. The highest BCUT2D eigenvalue weighted by atomic mass is 19.1. The summed E-state index contributed by atoms with van der Waals surface area (Å²) in [6.45, 7) is 4.58. The molecule has 0 aromatic heterocycles. The largest absolute Gasteiger partial charge is 0.409 e. The van der Waals surface area contributed by atoms with Crippen LogP contribution in [0.2, 0.25) is 0 Å². The number of halogens is 1. The molecule has 0 aliphatic carbocycles. The average molecular weight is 283 g/mol. The Kier molecular flexibility index (Phi) is 6.41. The molecule has 20 heavy (non-hydrogen) atoms. The van der Waals surface area contributed by atoms with Gasteiger partial charge in [0.05, 0.1) is 6.61 Å². The van der Waals surface area contributed by atoms with E-state index in [1.807, 2.05) is 0 Å². The van der Waals surface area contributed by atoms with Crippen LogP contribution in [0.25, 0.3) is 0 Å². The van der Waals surface area contributed by atoms with Crippen LogP contribution < -0.4 is 11.1 Å². The van der Waals surface area contributed by atoms with Crippen LogP contribution in [0.5, 0.6) is 0 Å². The summed E-state index contributed by atoms with van der Waals surface area (Å²) in [5, 5.41) is 24.1. The molecule has 1 aromatic carbocycles. The van der Waals surface area contributed by atoms with Crippen LogP contribution >= 0.6 is 0 Å². The Bertz CT molecular complexity index is 464. The zero-order chi connectivity index (χ0) is 15.1. The van der Waals surface area contributed by atoms with E-state index < -0.39 is 5.82 Å². The van der Waals surface area contributed by atoms with E-state index in [0.717, 1.165) is 6.42 Å². The Hall–Kier alpha value is -1.66. The van der Waals surface area contributed by atoms with Gasteiger partial charge < -0.3 is 21.4 Å². The van der Waals surface area contributed by atoms with Crippen molar-refractivity contribution in [3.05, 3.63) is 35.1 Å². The molecule has 1 rings (SSSR count). The summed E-state index contributed by atoms with van der Waals surface area (Å²) < 4.78 is 13.2. The number of rotatable bonds is 7. The van der Waals surface area contributed by atoms with Crippen molar-refractivity contribution in [2.75, 3.05) is 6.61 Å². The summed E-state index contributed by atoms with van der Waals surface area (Å²) in [4.78, 5) is 0. The van der Waals surface area contributed by atoms with Gasteiger partial charge in [-0.25, -0.2) is 4.39 Å². The minimum Gasteiger partial charge on any atom is -0.409 e. The molecular formula is C14H22FN3O2. The van der Waals surface area contributed by atoms with Crippen LogP contribution in [-0.4, -0.2) is 28.8 Å². The second kappa shape index (κ2) is 7.81. The van der Waals surface area contributed by atoms with Gasteiger partial charge in [0.25, 0.3) is 0 Å². The van der Waals surface area contributed by atoms with Gasteiger partial charge in [-0.2, -0.15) is 0 Å². The number of nitrogens with one attached hydrogen (secondary N) is 1. The highest BCUT2D eigenvalue weighted by Crippen LogP contribution is 2.12. The van der Waals surface area contributed by atoms with E-state index in [2.05, 4.69) is 24.3 Å². The van der Waals surface area contributed by atoms with Gasteiger partial charge in [-0.1, -0.05) is 25.1 Å². The second-order valence-corrected chi connectivity index (χ2v) is 5.18. The monoisotopic (exact) mass is 283 g/mol. The van der Waals surface area contributed by atoms with Crippen LogP contribution in [0.15, 0.2) is 23.4 Å². The van der Waals surface area contributed by atoms with Gasteiger partial charge >= 0.3 is 0 Å². The van der Waals surface area contributed by atoms with Crippen LogP contribution in [0, 0.1) is 11.7 Å². The van der Waals surface area contributed by atoms with E-state index in [9.17, 15) is 9.50 Å². The summed E-state index contributed by atoms with van der Waals surface area (Å²) in [6.07, 6.45) is 0.830. The van der Waals surface area contributed by atoms with E-state index in [0.29, 0.717) is 23.6 Å². The van der Waals surface area contributed by atoms with E-state index in [1.54, 1.807) is 6.07 Å². The fourth-order valence-electron chi connectivity index (χ4n) is 2.04. The molecule has 1 aromatic rings. The smallest absolute Gasteiger partial charge is 0.170 e. The van der Waals surface area contributed by atoms with Gasteiger partial charge in [0.15, 0.2) is 5.84 Å². The molecule has 0 amide bonds. The fraction of sp³-hybridized carbons (Fsp3) is 0.500. The molecule has 0 spiro atoms. The van der Waals surface area contributed by atoms with Crippen molar-refractivity contribution < 1.29 is 14.7 Å². The molecule has 5 nitrogen and oxygen atoms in total. The number of aliphatic hydroxyl groups excluding tert-OH is 1. The predicted molar refractivity (Wildman–Crippen MR) is 76.1 cm³/mol. The topological polar surface area (TPSA) is 90.9 Å². The first kappa shape index (κ1) is 16.4. The van der Waals surface area contributed by atoms with Crippen molar-refractivity contribution in [1.82, 2.24) is 5.32 Å². The zero-order valence-corrected chi connectivity index (χ0v) is 11.8. The van der Waals surface area contributed by atoms with Crippen LogP contribution in [0.4, 0.5) is 4.39 Å². The maximum atomic E-state index is 13.2. The number of oxime groups is 1. The van der Waals surface area contributed by atoms with Crippen molar-refractivity contribution in [1.29, 1.82) is 0 Å². The summed E-state index contributed by atoms with van der Waals surface area (Å²) in [7, 11) is 0. The molecule has 1 atom stereocenters. The number of hydrogen-bond acceptors (Lipinski definition) is 4. The van der Waals surface area contributed by atoms with Crippen molar-refractivity contribution in [2.24, 2.45) is 16.8 Å². The van der Waals surface area contributed by atoms with Gasteiger partial charge in [0.2, 0.25) is 0 Å². The number of nitrogens with zero attached hydrogens (tertiary/aromatic N) is 1. The maximum absolute atomic E-state index is 13.2. The van der Waals surface area contributed by atoms with Gasteiger partial charge in [-0.05, 0) is 30.0 Å². The van der Waals surface area contributed by atoms with E-state index in [-0.39, 0.29) is 18.5 Å². The predicted octanol–water partition coefficient (Wildman–Crippen LogP) is 1.42. The molecule has 5 N–H and O–H groups in total. The highest BCUT2D eigenvalue weighted by molar-refractivity contribution is 5.98. The van der Waals surface area contributed by atoms with Crippen LogP contribution in [0.3, 0.4) is 0 Å². The minimum atomic E-state index is -0.448. The molecule has 1 unspecified atom stereocenters. The molecule has 0 radical (unpaired) electrons. The Morgan fingerprint density at radius 3 is 2.70 bits per heavy atom. The minimum absolute atomic E-state index is 0.0261. The number of aliphatic hydroxyl groups is 1. The molecule has 0 saturated heterocycles. The standard InChI is InChI=1S/C14H22FN3O2/c1-9(2)5-12(8-19)17-7-10-3-4-11(15)6-13(10)14(16)18-20/h3-4,6,9,12,17,19-20H,5,7-8H2,1-2H3,(H2,16,18). The Morgan fingerprint density at radius 1 is 1.45 bits per heavy atom. The molecule has 0 aliphatic heterocycles. The zero-order valence-electron chi connectivity index (χ0n) is 11.8. The summed E-state index contributed by atoms with van der Waals surface area (Å²) in [6, 6.07) is 4.09. The average Bonchev–Trinajstić information content (AvgIpc) is 2.43. The SMILES string of the molecule is CC(C)CC(CO)NCc1ccc(F)cc1C(N)=NO. The van der Waals surface area contributed by atoms with Gasteiger partial charge in [-0.3, -0.25) is 0 Å². The molecule has 6 heteroatoms. The lowest BCUT2D eigenvalue weighted by atomic mass is 10.0. The number of benzene rings is 1. The lowest BCUT2D eigenvalue weighted by Gasteiger charge is -2.19. The lowest BCUT2D eigenvalue weighted by molar-refractivity contribution is 0.223. The van der Waals surface area contributed by atoms with Gasteiger partial charge in [0, 0.05) is 18.2 Å². The van der Waals surface area contributed by atoms with Crippen LogP contribution in [0.1, 0.15) is 31.4 Å². The van der Waals surface area contributed by atoms with Crippen molar-refractivity contribution >= 4 is 5.84 Å². The molecule has 0 fully saturated rings. The highest BCUT2D eigenvalue weighted by Gasteiger charge is 2.12. The third-order valence-corrected chi connectivity index (χ3v) is 3.01. The Morgan fingerprint density at radius 2 is 2.15 bits per heavy atom. The summed E-state index contributed by atoms with van der Waals surface area (Å²) in [5.74, 6) is -0.127. The molecule has 0 saturated carbocycles. The number of nitrogens with two attached hydrogens (primary N) is 1. The lowest BCUT2D eigenvalue weighted by Crippen LogP contribution is -2.34. The summed E-state index contributed by atoms with van der Waals surface area (Å²) in [5.41, 5.74) is 6.60. The van der Waals surface area contributed by atoms with E-state index in [4.69, 9.17) is 10.9 Å². The number of hydrogen-bond donors (Lipinski definition) is 4. The van der Waals surface area contributed by atoms with E-state index in [1.165, 1.54) is 12.1 Å². The first-order valence-electron chi connectivity index (χ1n) is 6.58. The van der Waals surface area contributed by atoms with Crippen molar-refractivity contribution in [3.63, 3.8) is 0 Å². The second-order valence-electron chi connectivity index (χ2n) is 5.18. The maximum Gasteiger partial charge on any atom is 0.170 e. The normalized spacial score (nSPS) is 13.8. The third kappa shape index (κ3) is 4.79. The number of amidine groups is 1. The molecule has 112 valence electrons. The van der Waals surface area contributed by atoms with Gasteiger partial charge in [-0.15, -0.1) is 0 Å². The Labute approximate surface area is 118 Å². The fourth-order valence-corrected chi connectivity index (χ4v) is 2.04. The van der Waals surface area contributed by atoms with Crippen LogP contribution in [-0.2, 0) is 6.54 Å². The van der Waals surface area contributed by atoms with E-state index >= 15 is 0 Å². The van der Waals surface area contributed by atoms with Crippen molar-refractivity contribution in [2.45, 2.75) is 32.9 Å². The Balaban J connectivity index is 2.81. The van der Waals surface area contributed by atoms with Crippen molar-refractivity contribution in [3.8, 4) is 0 Å². The quantitative estimate of drug-likeness (QED) is 0.264. The summed E-state index contributed by atoms with van der Waals surface area (Å²) >= 11 is 0. The first-order chi connectivity index (χ1) is 9.47. The molecular weight excluding hydrogens is 261 g/mol.